The van der Waals surface area contributed by atoms with Gasteiger partial charge in [0.1, 0.15) is 0 Å². The van der Waals surface area contributed by atoms with E-state index >= 15 is 0 Å². The Morgan fingerprint density at radius 3 is 2.59 bits per heavy atom. The molecule has 1 heterocycles. The SMILES string of the molecule is COCC(C)(CC(=O)O)NC(=O)c1cc(C2CC2)nc2c(C)cc(C)cc12. The number of pyridine rings is 1. The summed E-state index contributed by atoms with van der Waals surface area (Å²) in [7, 11) is 1.49. The molecule has 0 saturated heterocycles. The van der Waals surface area contributed by atoms with Gasteiger partial charge in [-0.2, -0.15) is 0 Å². The lowest BCUT2D eigenvalue weighted by Crippen LogP contribution is -2.50. The number of benzene rings is 1. The van der Waals surface area contributed by atoms with Gasteiger partial charge >= 0.3 is 5.97 Å². The van der Waals surface area contributed by atoms with Crippen LogP contribution in [0.5, 0.6) is 0 Å². The molecule has 1 aromatic carbocycles. The maximum atomic E-state index is 13.2. The molecule has 0 aliphatic heterocycles. The second-order valence-corrected chi connectivity index (χ2v) is 7.87. The number of rotatable bonds is 7. The van der Waals surface area contributed by atoms with Crippen LogP contribution in [0.1, 0.15) is 59.3 Å². The van der Waals surface area contributed by atoms with Crippen molar-refractivity contribution in [2.75, 3.05) is 13.7 Å². The number of hydrogen-bond acceptors (Lipinski definition) is 4. The summed E-state index contributed by atoms with van der Waals surface area (Å²) in [6.45, 7) is 5.79. The second kappa shape index (κ2) is 7.27. The molecule has 2 N–H and O–H groups in total. The molecule has 1 amide bonds. The lowest BCUT2D eigenvalue weighted by Gasteiger charge is -2.28. The van der Waals surface area contributed by atoms with Crippen molar-refractivity contribution in [1.29, 1.82) is 0 Å². The van der Waals surface area contributed by atoms with E-state index in [1.807, 2.05) is 26.0 Å². The third kappa shape index (κ3) is 4.27. The monoisotopic (exact) mass is 370 g/mol. The summed E-state index contributed by atoms with van der Waals surface area (Å²) in [6, 6.07) is 5.89. The molecule has 6 heteroatoms. The number of amides is 1. The number of hydrogen-bond donors (Lipinski definition) is 2. The Hall–Kier alpha value is -2.47. The first kappa shape index (κ1) is 19.3. The van der Waals surface area contributed by atoms with Crippen LogP contribution >= 0.6 is 0 Å². The van der Waals surface area contributed by atoms with Gasteiger partial charge in [0, 0.05) is 24.1 Å². The molecule has 1 atom stereocenters. The zero-order valence-electron chi connectivity index (χ0n) is 16.3. The van der Waals surface area contributed by atoms with Crippen LogP contribution < -0.4 is 5.32 Å². The molecule has 1 saturated carbocycles. The summed E-state index contributed by atoms with van der Waals surface area (Å²) in [4.78, 5) is 29.2. The highest BCUT2D eigenvalue weighted by atomic mass is 16.5. The summed E-state index contributed by atoms with van der Waals surface area (Å²) in [5.41, 5.74) is 3.41. The standard InChI is InChI=1S/C21H26N2O4/c1-12-7-13(2)19-15(8-12)16(9-17(22-19)14-5-6-14)20(26)23-21(3,11-27-4)10-18(24)25/h7-9,14H,5-6,10-11H2,1-4H3,(H,23,26)(H,24,25). The smallest absolute Gasteiger partial charge is 0.305 e. The molecule has 2 aromatic rings. The van der Waals surface area contributed by atoms with Gasteiger partial charge in [-0.1, -0.05) is 11.6 Å². The van der Waals surface area contributed by atoms with E-state index in [9.17, 15) is 14.7 Å². The molecule has 0 radical (unpaired) electrons. The summed E-state index contributed by atoms with van der Waals surface area (Å²) in [5, 5.41) is 12.9. The van der Waals surface area contributed by atoms with Gasteiger partial charge in [-0.3, -0.25) is 14.6 Å². The number of carbonyl (C=O) groups is 2. The number of fused-ring (bicyclic) bond motifs is 1. The number of methoxy groups -OCH3 is 1. The van der Waals surface area contributed by atoms with E-state index in [1.54, 1.807) is 6.92 Å². The Morgan fingerprint density at radius 1 is 1.30 bits per heavy atom. The van der Waals surface area contributed by atoms with E-state index in [2.05, 4.69) is 11.4 Å². The van der Waals surface area contributed by atoms with Crippen molar-refractivity contribution in [3.8, 4) is 0 Å². The Balaban J connectivity index is 2.06. The van der Waals surface area contributed by atoms with Gasteiger partial charge in [0.2, 0.25) is 0 Å². The van der Waals surface area contributed by atoms with E-state index in [0.717, 1.165) is 40.6 Å². The number of carboxylic acids is 1. The third-order valence-corrected chi connectivity index (χ3v) is 4.93. The zero-order chi connectivity index (χ0) is 19.8. The van der Waals surface area contributed by atoms with Gasteiger partial charge in [0.15, 0.2) is 0 Å². The van der Waals surface area contributed by atoms with Gasteiger partial charge in [-0.05, 0) is 51.3 Å². The highest BCUT2D eigenvalue weighted by Crippen LogP contribution is 2.40. The van der Waals surface area contributed by atoms with Gasteiger partial charge in [0.05, 0.1) is 29.6 Å². The number of carboxylic acid groups (broad SMARTS) is 1. The largest absolute Gasteiger partial charge is 0.481 e. The molecule has 1 aromatic heterocycles. The van der Waals surface area contributed by atoms with Crippen molar-refractivity contribution in [2.24, 2.45) is 0 Å². The molecular weight excluding hydrogens is 344 g/mol. The summed E-state index contributed by atoms with van der Waals surface area (Å²) in [5.74, 6) is -0.874. The average Bonchev–Trinajstić information content (AvgIpc) is 3.37. The fourth-order valence-electron chi connectivity index (χ4n) is 3.60. The molecule has 27 heavy (non-hydrogen) atoms. The predicted molar refractivity (Wildman–Crippen MR) is 103 cm³/mol. The van der Waals surface area contributed by atoms with Crippen LogP contribution in [0.25, 0.3) is 10.9 Å². The Bertz CT molecular complexity index is 905. The Morgan fingerprint density at radius 2 is 2.00 bits per heavy atom. The quantitative estimate of drug-likeness (QED) is 0.780. The second-order valence-electron chi connectivity index (χ2n) is 7.87. The molecule has 0 spiro atoms. The molecule has 1 fully saturated rings. The van der Waals surface area contributed by atoms with E-state index in [-0.39, 0.29) is 18.9 Å². The van der Waals surface area contributed by atoms with Crippen LogP contribution in [0.4, 0.5) is 0 Å². The number of aliphatic carboxylic acids is 1. The highest BCUT2D eigenvalue weighted by molar-refractivity contribution is 6.07. The lowest BCUT2D eigenvalue weighted by atomic mass is 9.96. The summed E-state index contributed by atoms with van der Waals surface area (Å²) >= 11 is 0. The highest BCUT2D eigenvalue weighted by Gasteiger charge is 2.32. The Labute approximate surface area is 158 Å². The van der Waals surface area contributed by atoms with Crippen LogP contribution in [0.15, 0.2) is 18.2 Å². The number of nitrogens with one attached hydrogen (secondary N) is 1. The summed E-state index contributed by atoms with van der Waals surface area (Å²) < 4.78 is 5.15. The zero-order valence-corrected chi connectivity index (χ0v) is 16.3. The normalized spacial score (nSPS) is 16.1. The van der Waals surface area contributed by atoms with Crippen LogP contribution in [-0.4, -0.2) is 41.2 Å². The van der Waals surface area contributed by atoms with E-state index in [0.29, 0.717) is 11.5 Å². The first-order valence-electron chi connectivity index (χ1n) is 9.17. The molecule has 0 bridgehead atoms. The molecule has 3 rings (SSSR count). The number of ether oxygens (including phenoxy) is 1. The van der Waals surface area contributed by atoms with Crippen molar-refractivity contribution in [1.82, 2.24) is 10.3 Å². The molecule has 1 aliphatic rings. The molecular formula is C21H26N2O4. The maximum Gasteiger partial charge on any atom is 0.305 e. The van der Waals surface area contributed by atoms with Gasteiger partial charge in [-0.25, -0.2) is 0 Å². The number of nitrogens with zero attached hydrogens (tertiary/aromatic N) is 1. The van der Waals surface area contributed by atoms with Crippen LogP contribution in [0.2, 0.25) is 0 Å². The first-order chi connectivity index (χ1) is 12.7. The predicted octanol–water partition coefficient (Wildman–Crippen LogP) is 3.34. The van der Waals surface area contributed by atoms with Crippen LogP contribution in [-0.2, 0) is 9.53 Å². The number of aryl methyl sites for hydroxylation is 2. The number of carbonyl (C=O) groups excluding carboxylic acids is 1. The lowest BCUT2D eigenvalue weighted by molar-refractivity contribution is -0.139. The molecule has 6 nitrogen and oxygen atoms in total. The molecule has 144 valence electrons. The van der Waals surface area contributed by atoms with Gasteiger partial charge < -0.3 is 15.2 Å². The first-order valence-corrected chi connectivity index (χ1v) is 9.17. The molecule has 1 aliphatic carbocycles. The minimum atomic E-state index is -0.994. The minimum absolute atomic E-state index is 0.113. The van der Waals surface area contributed by atoms with Gasteiger partial charge in [-0.15, -0.1) is 0 Å². The third-order valence-electron chi connectivity index (χ3n) is 4.93. The molecule has 1 unspecified atom stereocenters. The van der Waals surface area contributed by atoms with Gasteiger partial charge in [0.25, 0.3) is 5.91 Å². The maximum absolute atomic E-state index is 13.2. The topological polar surface area (TPSA) is 88.5 Å². The van der Waals surface area contributed by atoms with Crippen molar-refractivity contribution in [2.45, 2.75) is 51.5 Å². The average molecular weight is 370 g/mol. The number of aromatic nitrogens is 1. The fourth-order valence-corrected chi connectivity index (χ4v) is 3.60. The van der Waals surface area contributed by atoms with E-state index in [4.69, 9.17) is 9.72 Å². The van der Waals surface area contributed by atoms with Crippen molar-refractivity contribution >= 4 is 22.8 Å². The van der Waals surface area contributed by atoms with Crippen molar-refractivity contribution in [3.63, 3.8) is 0 Å². The van der Waals surface area contributed by atoms with E-state index in [1.165, 1.54) is 7.11 Å². The fraction of sp³-hybridized carbons (Fsp3) is 0.476. The van der Waals surface area contributed by atoms with Crippen molar-refractivity contribution in [3.05, 3.63) is 40.6 Å². The van der Waals surface area contributed by atoms with Crippen molar-refractivity contribution < 1.29 is 19.4 Å². The summed E-state index contributed by atoms with van der Waals surface area (Å²) in [6.07, 6.45) is 1.96. The minimum Gasteiger partial charge on any atom is -0.481 e. The Kier molecular flexibility index (Phi) is 5.20. The van der Waals surface area contributed by atoms with Crippen LogP contribution in [0.3, 0.4) is 0 Å². The van der Waals surface area contributed by atoms with E-state index < -0.39 is 11.5 Å². The van der Waals surface area contributed by atoms with Crippen LogP contribution in [0, 0.1) is 13.8 Å².